The van der Waals surface area contributed by atoms with Crippen LogP contribution in [0.5, 0.6) is 0 Å². The lowest BCUT2D eigenvalue weighted by Crippen LogP contribution is -2.62. The average Bonchev–Trinajstić information content (AvgIpc) is 3.17. The van der Waals surface area contributed by atoms with Crippen molar-refractivity contribution in [3.63, 3.8) is 0 Å². The van der Waals surface area contributed by atoms with E-state index in [9.17, 15) is 14.7 Å². The lowest BCUT2D eigenvalue weighted by Gasteiger charge is -2.58. The Balaban J connectivity index is 1.71. The number of carbonyl (C=O) groups excluding carboxylic acids is 2. The monoisotopic (exact) mass is 388 g/mol. The first-order valence-corrected chi connectivity index (χ1v) is 10.8. The Bertz CT molecular complexity index is 797. The molecule has 1 saturated heterocycles. The molecule has 5 rings (SSSR count). The third-order valence-corrected chi connectivity index (χ3v) is 9.44. The first-order chi connectivity index (χ1) is 13.1. The molecule has 5 aliphatic rings. The van der Waals surface area contributed by atoms with Gasteiger partial charge in [-0.2, -0.15) is 0 Å². The largest absolute Gasteiger partial charge is 0.450 e. The molecule has 154 valence electrons. The van der Waals surface area contributed by atoms with Crippen LogP contribution in [0.3, 0.4) is 0 Å². The van der Waals surface area contributed by atoms with Crippen molar-refractivity contribution in [1.82, 2.24) is 0 Å². The molecule has 0 aromatic heterocycles. The number of esters is 1. The fourth-order valence-corrected chi connectivity index (χ4v) is 7.70. The quantitative estimate of drug-likeness (QED) is 0.552. The van der Waals surface area contributed by atoms with E-state index in [1.807, 2.05) is 20.8 Å². The van der Waals surface area contributed by atoms with Gasteiger partial charge in [-0.15, -0.1) is 0 Å². The maximum atomic E-state index is 14.1. The molecule has 0 aromatic carbocycles. The van der Waals surface area contributed by atoms with Crippen LogP contribution in [0, 0.1) is 34.5 Å². The van der Waals surface area contributed by atoms with Crippen LogP contribution in [0.4, 0.5) is 0 Å². The van der Waals surface area contributed by atoms with Crippen molar-refractivity contribution < 1.29 is 24.2 Å². The van der Waals surface area contributed by atoms with Gasteiger partial charge in [0.05, 0.1) is 18.3 Å². The summed E-state index contributed by atoms with van der Waals surface area (Å²) in [6.45, 7) is 10.3. The number of carbonyl (C=O) groups is 2. The molecule has 2 bridgehead atoms. The number of Topliss-reactive ketones (excluding diaryl/α,β-unsaturated/α-hetero) is 1. The Kier molecular flexibility index (Phi) is 3.68. The van der Waals surface area contributed by atoms with Gasteiger partial charge in [-0.1, -0.05) is 26.3 Å². The van der Waals surface area contributed by atoms with Crippen LogP contribution in [0.1, 0.15) is 60.3 Å². The van der Waals surface area contributed by atoms with Gasteiger partial charge in [0, 0.05) is 23.7 Å². The average molecular weight is 389 g/mol. The van der Waals surface area contributed by atoms with Crippen LogP contribution >= 0.6 is 0 Å². The summed E-state index contributed by atoms with van der Waals surface area (Å²) in [5.41, 5.74) is -0.0482. The van der Waals surface area contributed by atoms with E-state index in [0.29, 0.717) is 25.4 Å². The molecule has 1 spiro atoms. The van der Waals surface area contributed by atoms with Crippen LogP contribution in [-0.4, -0.2) is 41.3 Å². The van der Waals surface area contributed by atoms with Gasteiger partial charge in [-0.25, -0.2) is 0 Å². The maximum Gasteiger partial charge on any atom is 0.303 e. The normalized spacial score (nSPS) is 51.0. The SMILES string of the molecule is CC(=O)O[C@H]1C(=O)C23C(C)C2C[C@H]2OCC2C3C[C@]2(O)CCC(C)=C1C2(C)C. The number of ketones is 1. The highest BCUT2D eigenvalue weighted by atomic mass is 16.5. The van der Waals surface area contributed by atoms with Crippen molar-refractivity contribution in [2.45, 2.75) is 78.1 Å². The van der Waals surface area contributed by atoms with Crippen LogP contribution in [-0.2, 0) is 19.1 Å². The maximum absolute atomic E-state index is 14.1. The molecule has 8 atom stereocenters. The second-order valence-corrected chi connectivity index (χ2v) is 10.6. The highest BCUT2D eigenvalue weighted by molar-refractivity contribution is 5.97. The van der Waals surface area contributed by atoms with Crippen LogP contribution in [0.2, 0.25) is 0 Å². The van der Waals surface area contributed by atoms with Gasteiger partial charge in [0.15, 0.2) is 11.9 Å². The molecule has 1 heterocycles. The second-order valence-electron chi connectivity index (χ2n) is 10.6. The zero-order chi connectivity index (χ0) is 20.2. The van der Waals surface area contributed by atoms with E-state index < -0.39 is 28.5 Å². The predicted molar refractivity (Wildman–Crippen MR) is 102 cm³/mol. The van der Waals surface area contributed by atoms with Crippen molar-refractivity contribution in [3.8, 4) is 0 Å². The standard InChI is InChI=1S/C23H32O5/c1-11-6-7-22(26)9-16-14-10-27-17(14)8-15-12(2)23(15,16)20(25)19(28-13(3)24)18(11)21(22,4)5/h12,14-17,19,26H,6-10H2,1-5H3/t12?,14?,15?,16?,17-,19-,22-,23?/m1/s1. The molecule has 0 amide bonds. The topological polar surface area (TPSA) is 72.8 Å². The van der Waals surface area contributed by atoms with Gasteiger partial charge in [0.1, 0.15) is 0 Å². The third kappa shape index (κ3) is 2.00. The predicted octanol–water partition coefficient (Wildman–Crippen LogP) is 3.05. The summed E-state index contributed by atoms with van der Waals surface area (Å²) in [6.07, 6.45) is 2.34. The molecule has 4 fully saturated rings. The highest BCUT2D eigenvalue weighted by Gasteiger charge is 2.78. The fraction of sp³-hybridized carbons (Fsp3) is 0.826. The number of fused-ring (bicyclic) bond motifs is 4. The number of allylic oxidation sites excluding steroid dienone is 1. The Morgan fingerprint density at radius 1 is 1.29 bits per heavy atom. The van der Waals surface area contributed by atoms with Crippen molar-refractivity contribution in [2.75, 3.05) is 6.61 Å². The first-order valence-electron chi connectivity index (χ1n) is 10.8. The number of hydrogen-bond acceptors (Lipinski definition) is 5. The Hall–Kier alpha value is -1.20. The van der Waals surface area contributed by atoms with Gasteiger partial charge >= 0.3 is 5.97 Å². The fourth-order valence-electron chi connectivity index (χ4n) is 7.70. The molecule has 1 aliphatic heterocycles. The van der Waals surface area contributed by atoms with Crippen LogP contribution < -0.4 is 0 Å². The number of rotatable bonds is 1. The Labute approximate surface area is 166 Å². The zero-order valence-electron chi connectivity index (χ0n) is 17.6. The minimum absolute atomic E-state index is 0.0851. The van der Waals surface area contributed by atoms with Gasteiger partial charge in [0.25, 0.3) is 0 Å². The second kappa shape index (κ2) is 5.48. The van der Waals surface area contributed by atoms with Crippen molar-refractivity contribution in [3.05, 3.63) is 11.1 Å². The zero-order valence-corrected chi connectivity index (χ0v) is 17.6. The number of hydrogen-bond donors (Lipinski definition) is 1. The van der Waals surface area contributed by atoms with Crippen LogP contribution in [0.25, 0.3) is 0 Å². The summed E-state index contributed by atoms with van der Waals surface area (Å²) >= 11 is 0. The van der Waals surface area contributed by atoms with Gasteiger partial charge in [-0.3, -0.25) is 9.59 Å². The highest BCUT2D eigenvalue weighted by Crippen LogP contribution is 2.75. The van der Waals surface area contributed by atoms with E-state index in [-0.39, 0.29) is 29.6 Å². The lowest BCUT2D eigenvalue weighted by atomic mass is 9.51. The summed E-state index contributed by atoms with van der Waals surface area (Å²) in [6, 6.07) is 0. The van der Waals surface area contributed by atoms with Crippen LogP contribution in [0.15, 0.2) is 11.1 Å². The molecule has 4 aliphatic carbocycles. The molecular formula is C23H32O5. The first kappa shape index (κ1) is 18.8. The third-order valence-electron chi connectivity index (χ3n) is 9.44. The summed E-state index contributed by atoms with van der Waals surface area (Å²) in [4.78, 5) is 26.1. The smallest absolute Gasteiger partial charge is 0.303 e. The van der Waals surface area contributed by atoms with Crippen molar-refractivity contribution >= 4 is 11.8 Å². The summed E-state index contributed by atoms with van der Waals surface area (Å²) < 4.78 is 11.6. The van der Waals surface area contributed by atoms with E-state index in [2.05, 4.69) is 6.92 Å². The minimum Gasteiger partial charge on any atom is -0.450 e. The molecule has 3 saturated carbocycles. The van der Waals surface area contributed by atoms with Crippen molar-refractivity contribution in [1.29, 1.82) is 0 Å². The van der Waals surface area contributed by atoms with E-state index >= 15 is 0 Å². The van der Waals surface area contributed by atoms with E-state index in [1.165, 1.54) is 6.92 Å². The lowest BCUT2D eigenvalue weighted by molar-refractivity contribution is -0.204. The molecule has 0 radical (unpaired) electrons. The minimum atomic E-state index is -0.900. The van der Waals surface area contributed by atoms with E-state index in [0.717, 1.165) is 24.0 Å². The summed E-state index contributed by atoms with van der Waals surface area (Å²) in [5, 5.41) is 11.9. The molecule has 5 nitrogen and oxygen atoms in total. The molecule has 0 aromatic rings. The van der Waals surface area contributed by atoms with E-state index in [1.54, 1.807) is 0 Å². The number of aliphatic hydroxyl groups is 1. The summed E-state index contributed by atoms with van der Waals surface area (Å²) in [7, 11) is 0. The molecule has 5 heteroatoms. The molecular weight excluding hydrogens is 356 g/mol. The molecule has 1 N–H and O–H groups in total. The Morgan fingerprint density at radius 3 is 2.61 bits per heavy atom. The summed E-state index contributed by atoms with van der Waals surface area (Å²) in [5.74, 6) is 0.621. The molecule has 28 heavy (non-hydrogen) atoms. The van der Waals surface area contributed by atoms with Gasteiger partial charge in [0.2, 0.25) is 0 Å². The Morgan fingerprint density at radius 2 is 2.00 bits per heavy atom. The molecule has 5 unspecified atom stereocenters. The van der Waals surface area contributed by atoms with E-state index in [4.69, 9.17) is 9.47 Å². The van der Waals surface area contributed by atoms with Gasteiger partial charge < -0.3 is 14.6 Å². The van der Waals surface area contributed by atoms with Crippen molar-refractivity contribution in [2.24, 2.45) is 34.5 Å². The van der Waals surface area contributed by atoms with Gasteiger partial charge in [-0.05, 0) is 55.9 Å². The number of ether oxygens (including phenoxy) is 2.